The molecule has 0 unspecified atom stereocenters. The summed E-state index contributed by atoms with van der Waals surface area (Å²) in [6.45, 7) is 4.30. The molecule has 104 valence electrons. The molecule has 0 bridgehead atoms. The summed E-state index contributed by atoms with van der Waals surface area (Å²) < 4.78 is 25.0. The molecule has 0 spiro atoms. The van der Waals surface area contributed by atoms with E-state index in [0.29, 0.717) is 24.2 Å². The Morgan fingerprint density at radius 2 is 2.16 bits per heavy atom. The monoisotopic (exact) mass is 282 g/mol. The third kappa shape index (κ3) is 2.58. The maximum Gasteiger partial charge on any atom is 0.251 e. The fraction of sp³-hybridized carbons (Fsp3) is 0.462. The predicted octanol–water partition coefficient (Wildman–Crippen LogP) is 1.15. The normalized spacial score (nSPS) is 18.3. The molecule has 0 aliphatic carbocycles. The van der Waals surface area contributed by atoms with Crippen molar-refractivity contribution in [1.82, 2.24) is 5.32 Å². The highest BCUT2D eigenvalue weighted by atomic mass is 32.2. The lowest BCUT2D eigenvalue weighted by atomic mass is 10.1. The molecule has 1 N–H and O–H groups in total. The summed E-state index contributed by atoms with van der Waals surface area (Å²) >= 11 is 0. The molecule has 1 aliphatic rings. The molecule has 1 aliphatic heterocycles. The molecule has 2 rings (SSSR count). The Bertz CT molecular complexity index is 610. The number of rotatable bonds is 3. The van der Waals surface area contributed by atoms with Crippen LogP contribution in [0.5, 0.6) is 0 Å². The van der Waals surface area contributed by atoms with E-state index < -0.39 is 10.0 Å². The Labute approximate surface area is 113 Å². The minimum atomic E-state index is -3.28. The number of hydrogen-bond acceptors (Lipinski definition) is 3. The Kier molecular flexibility index (Phi) is 3.54. The van der Waals surface area contributed by atoms with Crippen molar-refractivity contribution in [2.45, 2.75) is 26.3 Å². The highest BCUT2D eigenvalue weighted by Crippen LogP contribution is 2.34. The highest BCUT2D eigenvalue weighted by Gasteiger charge is 2.32. The first-order valence-corrected chi connectivity index (χ1v) is 8.10. The van der Waals surface area contributed by atoms with Gasteiger partial charge in [-0.25, -0.2) is 8.42 Å². The van der Waals surface area contributed by atoms with Crippen LogP contribution in [0.3, 0.4) is 0 Å². The van der Waals surface area contributed by atoms with E-state index in [0.717, 1.165) is 5.56 Å². The number of carbonyl (C=O) groups is 1. The number of nitrogens with zero attached hydrogens (tertiary/aromatic N) is 1. The summed E-state index contributed by atoms with van der Waals surface area (Å²) in [5.74, 6) is -0.129. The largest absolute Gasteiger partial charge is 0.352 e. The molecule has 0 fully saturated rings. The molecule has 0 radical (unpaired) electrons. The van der Waals surface area contributed by atoms with Crippen LogP contribution in [0.25, 0.3) is 0 Å². The molecule has 1 aromatic rings. The number of nitrogens with one attached hydrogen (secondary N) is 1. The lowest BCUT2D eigenvalue weighted by Gasteiger charge is -2.21. The molecular formula is C13H18N2O3S. The van der Waals surface area contributed by atoms with Gasteiger partial charge in [0.1, 0.15) is 0 Å². The van der Waals surface area contributed by atoms with Gasteiger partial charge in [0.2, 0.25) is 10.0 Å². The van der Waals surface area contributed by atoms with Crippen molar-refractivity contribution >= 4 is 21.6 Å². The average Bonchev–Trinajstić information content (AvgIpc) is 2.63. The van der Waals surface area contributed by atoms with Crippen molar-refractivity contribution in [3.05, 3.63) is 29.3 Å². The molecule has 1 aromatic carbocycles. The summed E-state index contributed by atoms with van der Waals surface area (Å²) in [7, 11) is -3.28. The number of fused-ring (bicyclic) bond motifs is 1. The van der Waals surface area contributed by atoms with Crippen molar-refractivity contribution < 1.29 is 13.2 Å². The van der Waals surface area contributed by atoms with Crippen molar-refractivity contribution in [2.24, 2.45) is 0 Å². The van der Waals surface area contributed by atoms with Gasteiger partial charge in [-0.15, -0.1) is 0 Å². The first-order chi connectivity index (χ1) is 8.84. The molecule has 6 heteroatoms. The van der Waals surface area contributed by atoms with Gasteiger partial charge in [0.15, 0.2) is 0 Å². The van der Waals surface area contributed by atoms with E-state index in [1.165, 1.54) is 10.6 Å². The zero-order valence-electron chi connectivity index (χ0n) is 11.3. The molecule has 5 nitrogen and oxygen atoms in total. The standard InChI is InChI=1S/C13H18N2O3S/c1-4-14-13(16)10-5-6-12-11(8-10)7-9(2)15(12)19(3,17)18/h5-6,8-9H,4,7H2,1-3H3,(H,14,16)/t9-/m0/s1. The lowest BCUT2D eigenvalue weighted by Crippen LogP contribution is -2.34. The second-order valence-electron chi connectivity index (χ2n) is 4.81. The van der Waals surface area contributed by atoms with Crippen molar-refractivity contribution in [1.29, 1.82) is 0 Å². The third-order valence-corrected chi connectivity index (χ3v) is 4.46. The molecule has 1 amide bonds. The third-order valence-electron chi connectivity index (χ3n) is 3.19. The van der Waals surface area contributed by atoms with Crippen LogP contribution in [-0.2, 0) is 16.4 Å². The average molecular weight is 282 g/mol. The van der Waals surface area contributed by atoms with Gasteiger partial charge in [-0.1, -0.05) is 0 Å². The van der Waals surface area contributed by atoms with Crippen LogP contribution in [0.4, 0.5) is 5.69 Å². The first-order valence-electron chi connectivity index (χ1n) is 6.25. The Hall–Kier alpha value is -1.56. The van der Waals surface area contributed by atoms with Crippen LogP contribution in [0.1, 0.15) is 29.8 Å². The topological polar surface area (TPSA) is 66.5 Å². The van der Waals surface area contributed by atoms with Gasteiger partial charge in [0.25, 0.3) is 5.91 Å². The fourth-order valence-corrected chi connectivity index (χ4v) is 3.78. The van der Waals surface area contributed by atoms with Gasteiger partial charge in [0.05, 0.1) is 11.9 Å². The second-order valence-corrected chi connectivity index (χ2v) is 6.67. The van der Waals surface area contributed by atoms with E-state index in [2.05, 4.69) is 5.32 Å². The first kappa shape index (κ1) is 13.9. The van der Waals surface area contributed by atoms with Gasteiger partial charge in [-0.2, -0.15) is 0 Å². The smallest absolute Gasteiger partial charge is 0.251 e. The Morgan fingerprint density at radius 1 is 1.47 bits per heavy atom. The van der Waals surface area contributed by atoms with Crippen LogP contribution < -0.4 is 9.62 Å². The zero-order valence-corrected chi connectivity index (χ0v) is 12.1. The Balaban J connectivity index is 2.40. The molecular weight excluding hydrogens is 264 g/mol. The molecule has 0 saturated carbocycles. The van der Waals surface area contributed by atoms with Gasteiger partial charge < -0.3 is 5.32 Å². The molecule has 1 atom stereocenters. The summed E-state index contributed by atoms with van der Waals surface area (Å²) in [4.78, 5) is 11.8. The minimum Gasteiger partial charge on any atom is -0.352 e. The van der Waals surface area contributed by atoms with Crippen molar-refractivity contribution in [2.75, 3.05) is 17.1 Å². The predicted molar refractivity (Wildman–Crippen MR) is 74.9 cm³/mol. The maximum absolute atomic E-state index is 11.8. The van der Waals surface area contributed by atoms with E-state index in [-0.39, 0.29) is 11.9 Å². The molecule has 0 aromatic heterocycles. The number of benzene rings is 1. The van der Waals surface area contributed by atoms with Crippen LogP contribution in [-0.4, -0.2) is 33.2 Å². The number of amides is 1. The summed E-state index contributed by atoms with van der Waals surface area (Å²) in [6.07, 6.45) is 1.84. The van der Waals surface area contributed by atoms with E-state index in [1.54, 1.807) is 18.2 Å². The molecule has 0 saturated heterocycles. The second kappa shape index (κ2) is 4.85. The van der Waals surface area contributed by atoms with Crippen molar-refractivity contribution in [3.63, 3.8) is 0 Å². The number of hydrogen-bond donors (Lipinski definition) is 1. The Morgan fingerprint density at radius 3 is 2.74 bits per heavy atom. The number of carbonyl (C=O) groups excluding carboxylic acids is 1. The summed E-state index contributed by atoms with van der Waals surface area (Å²) in [5, 5.41) is 2.73. The maximum atomic E-state index is 11.8. The van der Waals surface area contributed by atoms with Crippen LogP contribution in [0, 0.1) is 0 Å². The SMILES string of the molecule is CCNC(=O)c1ccc2c(c1)C[C@H](C)N2S(C)(=O)=O. The van der Waals surface area contributed by atoms with Gasteiger partial charge in [-0.3, -0.25) is 9.10 Å². The van der Waals surface area contributed by atoms with Gasteiger partial charge >= 0.3 is 0 Å². The van der Waals surface area contributed by atoms with Crippen molar-refractivity contribution in [3.8, 4) is 0 Å². The van der Waals surface area contributed by atoms with Crippen LogP contribution >= 0.6 is 0 Å². The fourth-order valence-electron chi connectivity index (χ4n) is 2.51. The van der Waals surface area contributed by atoms with E-state index in [1.807, 2.05) is 13.8 Å². The van der Waals surface area contributed by atoms with Crippen LogP contribution in [0.2, 0.25) is 0 Å². The van der Waals surface area contributed by atoms with Gasteiger partial charge in [-0.05, 0) is 44.0 Å². The zero-order chi connectivity index (χ0) is 14.2. The molecule has 1 heterocycles. The minimum absolute atomic E-state index is 0.102. The number of sulfonamides is 1. The number of anilines is 1. The highest BCUT2D eigenvalue weighted by molar-refractivity contribution is 7.92. The van der Waals surface area contributed by atoms with E-state index in [9.17, 15) is 13.2 Å². The summed E-state index contributed by atoms with van der Waals surface area (Å²) in [6, 6.07) is 5.06. The van der Waals surface area contributed by atoms with Gasteiger partial charge in [0, 0.05) is 18.2 Å². The lowest BCUT2D eigenvalue weighted by molar-refractivity contribution is 0.0955. The molecule has 19 heavy (non-hydrogen) atoms. The van der Waals surface area contributed by atoms with Crippen LogP contribution in [0.15, 0.2) is 18.2 Å². The summed E-state index contributed by atoms with van der Waals surface area (Å²) in [5.41, 5.74) is 2.16. The van der Waals surface area contributed by atoms with E-state index in [4.69, 9.17) is 0 Å². The van der Waals surface area contributed by atoms with E-state index >= 15 is 0 Å². The quantitative estimate of drug-likeness (QED) is 0.904.